The Morgan fingerprint density at radius 3 is 3.00 bits per heavy atom. The number of benzene rings is 1. The molecule has 0 spiro atoms. The summed E-state index contributed by atoms with van der Waals surface area (Å²) in [5.41, 5.74) is 2.85. The summed E-state index contributed by atoms with van der Waals surface area (Å²) >= 11 is 0. The van der Waals surface area contributed by atoms with Crippen LogP contribution < -0.4 is 10.1 Å². The van der Waals surface area contributed by atoms with Crippen molar-refractivity contribution in [2.24, 2.45) is 5.92 Å². The van der Waals surface area contributed by atoms with Crippen LogP contribution in [0.2, 0.25) is 0 Å². The summed E-state index contributed by atoms with van der Waals surface area (Å²) in [6, 6.07) is 6.49. The van der Waals surface area contributed by atoms with Crippen molar-refractivity contribution in [2.75, 3.05) is 13.2 Å². The van der Waals surface area contributed by atoms with Crippen LogP contribution in [0, 0.1) is 5.92 Å². The Morgan fingerprint density at radius 1 is 1.24 bits per heavy atom. The van der Waals surface area contributed by atoms with Gasteiger partial charge in [0.05, 0.1) is 6.61 Å². The van der Waals surface area contributed by atoms with Crippen LogP contribution in [-0.4, -0.2) is 13.2 Å². The summed E-state index contributed by atoms with van der Waals surface area (Å²) in [6.45, 7) is 2.98. The Morgan fingerprint density at radius 2 is 2.12 bits per heavy atom. The first-order valence-corrected chi connectivity index (χ1v) is 6.88. The van der Waals surface area contributed by atoms with Gasteiger partial charge in [-0.2, -0.15) is 0 Å². The fraction of sp³-hybridized carbons (Fsp3) is 0.600. The maximum atomic E-state index is 6.05. The first-order chi connectivity index (χ1) is 8.43. The molecule has 0 saturated heterocycles. The van der Waals surface area contributed by atoms with Gasteiger partial charge >= 0.3 is 0 Å². The summed E-state index contributed by atoms with van der Waals surface area (Å²) in [5.74, 6) is 1.91. The van der Waals surface area contributed by atoms with Crippen LogP contribution in [0.15, 0.2) is 18.2 Å². The largest absolute Gasteiger partial charge is 0.493 e. The summed E-state index contributed by atoms with van der Waals surface area (Å²) in [6.07, 6.45) is 6.63. The lowest BCUT2D eigenvalue weighted by Crippen LogP contribution is -2.24. The van der Waals surface area contributed by atoms with Gasteiger partial charge in [-0.1, -0.05) is 25.0 Å². The highest BCUT2D eigenvalue weighted by Crippen LogP contribution is 2.28. The SMILES string of the molecule is c1cc2c(c(OCC3CCCC3)c1)CNCC2. The number of hydrogen-bond donors (Lipinski definition) is 1. The van der Waals surface area contributed by atoms with E-state index in [4.69, 9.17) is 4.74 Å². The highest BCUT2D eigenvalue weighted by atomic mass is 16.5. The Kier molecular flexibility index (Phi) is 3.32. The molecule has 1 aromatic rings. The highest BCUT2D eigenvalue weighted by molar-refractivity contribution is 5.41. The van der Waals surface area contributed by atoms with Crippen LogP contribution in [0.4, 0.5) is 0 Å². The van der Waals surface area contributed by atoms with Gasteiger partial charge in [-0.3, -0.25) is 0 Å². The molecular formula is C15H21NO. The molecule has 92 valence electrons. The lowest BCUT2D eigenvalue weighted by atomic mass is 10.0. The first-order valence-electron chi connectivity index (χ1n) is 6.88. The quantitative estimate of drug-likeness (QED) is 0.863. The molecule has 0 atom stereocenters. The Labute approximate surface area is 103 Å². The third-order valence-corrected chi connectivity index (χ3v) is 4.05. The van der Waals surface area contributed by atoms with E-state index < -0.39 is 0 Å². The van der Waals surface area contributed by atoms with E-state index >= 15 is 0 Å². The van der Waals surface area contributed by atoms with Crippen molar-refractivity contribution in [3.63, 3.8) is 0 Å². The monoisotopic (exact) mass is 231 g/mol. The molecule has 1 heterocycles. The highest BCUT2D eigenvalue weighted by Gasteiger charge is 2.17. The fourth-order valence-corrected chi connectivity index (χ4v) is 3.00. The van der Waals surface area contributed by atoms with Crippen LogP contribution in [0.25, 0.3) is 0 Å². The van der Waals surface area contributed by atoms with Crippen LogP contribution in [-0.2, 0) is 13.0 Å². The zero-order chi connectivity index (χ0) is 11.5. The molecular weight excluding hydrogens is 210 g/mol. The standard InChI is InChI=1S/C15H21NO/c1-2-5-12(4-1)11-17-15-7-3-6-13-8-9-16-10-14(13)15/h3,6-7,12,16H,1-2,4-5,8-11H2. The number of hydrogen-bond acceptors (Lipinski definition) is 2. The van der Waals surface area contributed by atoms with Crippen LogP contribution in [0.1, 0.15) is 36.8 Å². The second-order valence-corrected chi connectivity index (χ2v) is 5.28. The van der Waals surface area contributed by atoms with Gasteiger partial charge in [0.15, 0.2) is 0 Å². The predicted octanol–water partition coefficient (Wildman–Crippen LogP) is 2.90. The Hall–Kier alpha value is -1.02. The van der Waals surface area contributed by atoms with E-state index in [0.29, 0.717) is 0 Å². The molecule has 0 radical (unpaired) electrons. The maximum absolute atomic E-state index is 6.05. The summed E-state index contributed by atoms with van der Waals surface area (Å²) in [5, 5.41) is 3.43. The van der Waals surface area contributed by atoms with Crippen LogP contribution in [0.3, 0.4) is 0 Å². The van der Waals surface area contributed by atoms with Gasteiger partial charge < -0.3 is 10.1 Å². The van der Waals surface area contributed by atoms with E-state index in [1.165, 1.54) is 36.8 Å². The summed E-state index contributed by atoms with van der Waals surface area (Å²) in [7, 11) is 0. The van der Waals surface area contributed by atoms with E-state index in [0.717, 1.165) is 37.8 Å². The predicted molar refractivity (Wildman–Crippen MR) is 69.3 cm³/mol. The lowest BCUT2D eigenvalue weighted by Gasteiger charge is -2.21. The van der Waals surface area contributed by atoms with Gasteiger partial charge in [-0.25, -0.2) is 0 Å². The van der Waals surface area contributed by atoms with E-state index in [1.807, 2.05) is 0 Å². The molecule has 3 rings (SSSR count). The first kappa shape index (κ1) is 11.1. The maximum Gasteiger partial charge on any atom is 0.124 e. The fourth-order valence-electron chi connectivity index (χ4n) is 3.00. The minimum Gasteiger partial charge on any atom is -0.493 e. The molecule has 1 aromatic carbocycles. The molecule has 2 nitrogen and oxygen atoms in total. The normalized spacial score (nSPS) is 20.2. The second-order valence-electron chi connectivity index (χ2n) is 5.28. The molecule has 1 saturated carbocycles. The van der Waals surface area contributed by atoms with Gasteiger partial charge in [0, 0.05) is 12.1 Å². The third kappa shape index (κ3) is 2.47. The van der Waals surface area contributed by atoms with Crippen molar-refractivity contribution in [3.05, 3.63) is 29.3 Å². The molecule has 17 heavy (non-hydrogen) atoms. The van der Waals surface area contributed by atoms with Gasteiger partial charge in [-0.05, 0) is 43.4 Å². The number of nitrogens with one attached hydrogen (secondary N) is 1. The Balaban J connectivity index is 1.69. The van der Waals surface area contributed by atoms with Gasteiger partial charge in [0.1, 0.15) is 5.75 Å². The number of ether oxygens (including phenoxy) is 1. The van der Waals surface area contributed by atoms with Crippen LogP contribution in [0.5, 0.6) is 5.75 Å². The smallest absolute Gasteiger partial charge is 0.124 e. The summed E-state index contributed by atoms with van der Waals surface area (Å²) < 4.78 is 6.05. The molecule has 0 bridgehead atoms. The topological polar surface area (TPSA) is 21.3 Å². The molecule has 2 aliphatic rings. The molecule has 1 aliphatic heterocycles. The molecule has 0 aromatic heterocycles. The van der Waals surface area contributed by atoms with E-state index in [9.17, 15) is 0 Å². The van der Waals surface area contributed by atoms with Crippen molar-refractivity contribution >= 4 is 0 Å². The summed E-state index contributed by atoms with van der Waals surface area (Å²) in [4.78, 5) is 0. The zero-order valence-corrected chi connectivity index (χ0v) is 10.4. The van der Waals surface area contributed by atoms with Gasteiger partial charge in [-0.15, -0.1) is 0 Å². The van der Waals surface area contributed by atoms with Crippen molar-refractivity contribution in [3.8, 4) is 5.75 Å². The molecule has 0 amide bonds. The molecule has 1 N–H and O–H groups in total. The van der Waals surface area contributed by atoms with E-state index in [2.05, 4.69) is 23.5 Å². The number of rotatable bonds is 3. The average Bonchev–Trinajstić information content (AvgIpc) is 2.89. The molecule has 1 fully saturated rings. The van der Waals surface area contributed by atoms with E-state index in [1.54, 1.807) is 0 Å². The van der Waals surface area contributed by atoms with Gasteiger partial charge in [0.2, 0.25) is 0 Å². The second kappa shape index (κ2) is 5.09. The van der Waals surface area contributed by atoms with Gasteiger partial charge in [0.25, 0.3) is 0 Å². The van der Waals surface area contributed by atoms with Crippen molar-refractivity contribution in [1.82, 2.24) is 5.32 Å². The molecule has 2 heteroatoms. The molecule has 1 aliphatic carbocycles. The van der Waals surface area contributed by atoms with Crippen molar-refractivity contribution in [1.29, 1.82) is 0 Å². The van der Waals surface area contributed by atoms with E-state index in [-0.39, 0.29) is 0 Å². The van der Waals surface area contributed by atoms with Crippen LogP contribution >= 0.6 is 0 Å². The van der Waals surface area contributed by atoms with Crippen molar-refractivity contribution < 1.29 is 4.74 Å². The Bertz CT molecular complexity index is 383. The zero-order valence-electron chi connectivity index (χ0n) is 10.4. The van der Waals surface area contributed by atoms with Crippen molar-refractivity contribution in [2.45, 2.75) is 38.6 Å². The molecule has 0 unspecified atom stereocenters. The number of fused-ring (bicyclic) bond motifs is 1. The lowest BCUT2D eigenvalue weighted by molar-refractivity contribution is 0.249. The third-order valence-electron chi connectivity index (χ3n) is 4.05. The average molecular weight is 231 g/mol. The minimum atomic E-state index is 0.794. The minimum absolute atomic E-state index is 0.794.